The molecule has 0 aromatic heterocycles. The third-order valence-corrected chi connectivity index (χ3v) is 3.22. The van der Waals surface area contributed by atoms with E-state index in [4.69, 9.17) is 27.9 Å². The minimum atomic E-state index is -1.32. The Kier molecular flexibility index (Phi) is 1.85. The Bertz CT molecular complexity index is 247. The minimum Gasteiger partial charge on any atom is -0.455 e. The van der Waals surface area contributed by atoms with Gasteiger partial charge in [0, 0.05) is 5.92 Å². The fraction of sp³-hybridized carbons (Fsp3) is 0.625. The van der Waals surface area contributed by atoms with Crippen LogP contribution in [0.5, 0.6) is 0 Å². The average Bonchev–Trinajstić information content (AvgIpc) is 2.25. The van der Waals surface area contributed by atoms with Gasteiger partial charge in [0.05, 0.1) is 0 Å². The molecule has 1 saturated heterocycles. The standard InChI is InChI=1S/C8H8Cl2O2/c9-8(10)5-3-1-2-4-6(5)12-7(8)11/h2,4-6H,1,3H2. The normalized spacial score (nSPS) is 37.7. The molecule has 2 unspecified atom stereocenters. The summed E-state index contributed by atoms with van der Waals surface area (Å²) in [4.78, 5) is 11.1. The molecule has 0 amide bonds. The molecule has 0 spiro atoms. The predicted molar refractivity (Wildman–Crippen MR) is 46.2 cm³/mol. The molecule has 4 heteroatoms. The third kappa shape index (κ3) is 1.05. The third-order valence-electron chi connectivity index (χ3n) is 2.35. The fourth-order valence-electron chi connectivity index (χ4n) is 1.67. The van der Waals surface area contributed by atoms with Gasteiger partial charge in [-0.2, -0.15) is 0 Å². The molecule has 0 bridgehead atoms. The molecule has 1 aliphatic heterocycles. The van der Waals surface area contributed by atoms with Gasteiger partial charge in [-0.25, -0.2) is 4.79 Å². The van der Waals surface area contributed by atoms with Crippen LogP contribution in [0.1, 0.15) is 12.8 Å². The first kappa shape index (κ1) is 8.39. The maximum Gasteiger partial charge on any atom is 0.343 e. The molecule has 2 nitrogen and oxygen atoms in total. The van der Waals surface area contributed by atoms with Crippen molar-refractivity contribution in [2.75, 3.05) is 0 Å². The molecule has 2 aliphatic rings. The Morgan fingerprint density at radius 1 is 1.58 bits per heavy atom. The van der Waals surface area contributed by atoms with Gasteiger partial charge in [-0.15, -0.1) is 0 Å². The summed E-state index contributed by atoms with van der Waals surface area (Å²) in [5.41, 5.74) is 0. The van der Waals surface area contributed by atoms with E-state index < -0.39 is 10.3 Å². The van der Waals surface area contributed by atoms with Crippen LogP contribution in [0.25, 0.3) is 0 Å². The van der Waals surface area contributed by atoms with Gasteiger partial charge in [0.25, 0.3) is 0 Å². The van der Waals surface area contributed by atoms with E-state index in [9.17, 15) is 4.79 Å². The van der Waals surface area contributed by atoms with E-state index >= 15 is 0 Å². The monoisotopic (exact) mass is 206 g/mol. The second-order valence-electron chi connectivity index (χ2n) is 3.10. The van der Waals surface area contributed by atoms with Crippen LogP contribution in [-0.2, 0) is 9.53 Å². The van der Waals surface area contributed by atoms with Gasteiger partial charge in [-0.05, 0) is 18.9 Å². The molecule has 1 heterocycles. The summed E-state index contributed by atoms with van der Waals surface area (Å²) in [5, 5.41) is 0. The number of esters is 1. The van der Waals surface area contributed by atoms with Gasteiger partial charge in [-0.3, -0.25) is 0 Å². The summed E-state index contributed by atoms with van der Waals surface area (Å²) < 4.78 is 3.67. The number of allylic oxidation sites excluding steroid dienone is 1. The lowest BCUT2D eigenvalue weighted by molar-refractivity contribution is -0.140. The molecule has 12 heavy (non-hydrogen) atoms. The van der Waals surface area contributed by atoms with E-state index in [0.29, 0.717) is 0 Å². The molecular formula is C8H8Cl2O2. The second kappa shape index (κ2) is 2.64. The van der Waals surface area contributed by atoms with Gasteiger partial charge < -0.3 is 4.74 Å². The van der Waals surface area contributed by atoms with E-state index in [1.807, 2.05) is 12.2 Å². The van der Waals surface area contributed by atoms with Crippen LogP contribution in [0, 0.1) is 5.92 Å². The van der Waals surface area contributed by atoms with Crippen LogP contribution in [-0.4, -0.2) is 16.4 Å². The van der Waals surface area contributed by atoms with Crippen LogP contribution in [0.2, 0.25) is 0 Å². The molecular weight excluding hydrogens is 199 g/mol. The van der Waals surface area contributed by atoms with Crippen LogP contribution in [0.3, 0.4) is 0 Å². The SMILES string of the molecule is O=C1OC2C=CCCC2C1(Cl)Cl. The topological polar surface area (TPSA) is 26.3 Å². The summed E-state index contributed by atoms with van der Waals surface area (Å²) in [6.07, 6.45) is 5.38. The zero-order valence-electron chi connectivity index (χ0n) is 6.30. The maximum atomic E-state index is 11.1. The van der Waals surface area contributed by atoms with Gasteiger partial charge in [0.2, 0.25) is 4.33 Å². The largest absolute Gasteiger partial charge is 0.455 e. The number of fused-ring (bicyclic) bond motifs is 1. The van der Waals surface area contributed by atoms with E-state index in [2.05, 4.69) is 0 Å². The van der Waals surface area contributed by atoms with Gasteiger partial charge in [-0.1, -0.05) is 29.3 Å². The van der Waals surface area contributed by atoms with Crippen LogP contribution in [0.4, 0.5) is 0 Å². The maximum absolute atomic E-state index is 11.1. The number of alkyl halides is 2. The Hall–Kier alpha value is -0.210. The molecule has 1 aliphatic carbocycles. The van der Waals surface area contributed by atoms with Crippen molar-refractivity contribution in [3.05, 3.63) is 12.2 Å². The van der Waals surface area contributed by atoms with Crippen LogP contribution in [0.15, 0.2) is 12.2 Å². The van der Waals surface area contributed by atoms with Crippen molar-refractivity contribution in [2.24, 2.45) is 5.92 Å². The number of hydrogen-bond acceptors (Lipinski definition) is 2. The van der Waals surface area contributed by atoms with Crippen molar-refractivity contribution in [1.82, 2.24) is 0 Å². The van der Waals surface area contributed by atoms with Crippen molar-refractivity contribution in [3.8, 4) is 0 Å². The highest BCUT2D eigenvalue weighted by Crippen LogP contribution is 2.45. The molecule has 2 rings (SSSR count). The van der Waals surface area contributed by atoms with Crippen molar-refractivity contribution >= 4 is 29.2 Å². The van der Waals surface area contributed by atoms with Crippen molar-refractivity contribution < 1.29 is 9.53 Å². The summed E-state index contributed by atoms with van der Waals surface area (Å²) in [5.74, 6) is -0.578. The number of halogens is 2. The van der Waals surface area contributed by atoms with Crippen molar-refractivity contribution in [2.45, 2.75) is 23.3 Å². The lowest BCUT2D eigenvalue weighted by Crippen LogP contribution is -2.30. The molecule has 0 saturated carbocycles. The van der Waals surface area contributed by atoms with Gasteiger partial charge >= 0.3 is 5.97 Å². The van der Waals surface area contributed by atoms with Crippen LogP contribution < -0.4 is 0 Å². The number of hydrogen-bond donors (Lipinski definition) is 0. The number of carbonyl (C=O) groups is 1. The summed E-state index contributed by atoms with van der Waals surface area (Å²) in [7, 11) is 0. The first-order valence-electron chi connectivity index (χ1n) is 3.88. The first-order valence-corrected chi connectivity index (χ1v) is 4.63. The van der Waals surface area contributed by atoms with E-state index in [1.165, 1.54) is 0 Å². The lowest BCUT2D eigenvalue weighted by atomic mass is 9.90. The van der Waals surface area contributed by atoms with E-state index in [-0.39, 0.29) is 12.0 Å². The molecule has 0 N–H and O–H groups in total. The molecule has 2 atom stereocenters. The number of carbonyl (C=O) groups excluding carboxylic acids is 1. The van der Waals surface area contributed by atoms with Crippen molar-refractivity contribution in [3.63, 3.8) is 0 Å². The Morgan fingerprint density at radius 3 is 3.00 bits per heavy atom. The highest BCUT2D eigenvalue weighted by molar-refractivity contribution is 6.58. The van der Waals surface area contributed by atoms with Crippen molar-refractivity contribution in [1.29, 1.82) is 0 Å². The van der Waals surface area contributed by atoms with Gasteiger partial charge in [0.15, 0.2) is 0 Å². The number of rotatable bonds is 0. The zero-order valence-corrected chi connectivity index (χ0v) is 7.81. The molecule has 0 radical (unpaired) electrons. The molecule has 0 aromatic rings. The second-order valence-corrected chi connectivity index (χ2v) is 4.49. The zero-order chi connectivity index (χ0) is 8.77. The minimum absolute atomic E-state index is 0.0710. The average molecular weight is 207 g/mol. The highest BCUT2D eigenvalue weighted by Gasteiger charge is 2.54. The Labute approximate surface area is 80.5 Å². The van der Waals surface area contributed by atoms with Gasteiger partial charge in [0.1, 0.15) is 6.10 Å². The smallest absolute Gasteiger partial charge is 0.343 e. The Balaban J connectivity index is 2.30. The summed E-state index contributed by atoms with van der Waals surface area (Å²) >= 11 is 11.7. The highest BCUT2D eigenvalue weighted by atomic mass is 35.5. The van der Waals surface area contributed by atoms with E-state index in [1.54, 1.807) is 0 Å². The Morgan fingerprint density at radius 2 is 2.33 bits per heavy atom. The number of ether oxygens (including phenoxy) is 1. The van der Waals surface area contributed by atoms with E-state index in [0.717, 1.165) is 12.8 Å². The van der Waals surface area contributed by atoms with Crippen LogP contribution >= 0.6 is 23.2 Å². The summed E-state index contributed by atoms with van der Waals surface area (Å²) in [6.45, 7) is 0. The molecule has 66 valence electrons. The lowest BCUT2D eigenvalue weighted by Gasteiger charge is -2.22. The first-order chi connectivity index (χ1) is 5.62. The predicted octanol–water partition coefficient (Wildman–Crippen LogP) is 2.05. The fourth-order valence-corrected chi connectivity index (χ4v) is 2.22. The molecule has 1 fully saturated rings. The molecule has 0 aromatic carbocycles. The quantitative estimate of drug-likeness (QED) is 0.345. The summed E-state index contributed by atoms with van der Waals surface area (Å²) in [6, 6.07) is 0.